The van der Waals surface area contributed by atoms with E-state index in [2.05, 4.69) is 0 Å². The minimum absolute atomic E-state index is 0.00724. The third-order valence-electron chi connectivity index (χ3n) is 1.70. The Balaban J connectivity index is 4.89. The molecule has 0 bridgehead atoms. The highest BCUT2D eigenvalue weighted by atomic mass is 28.4. The Bertz CT molecular complexity index is 203. The minimum atomic E-state index is -2.83. The zero-order chi connectivity index (χ0) is 13.5. The molecule has 0 N–H and O–H groups in total. The quantitative estimate of drug-likeness (QED) is 0.626. The summed E-state index contributed by atoms with van der Waals surface area (Å²) in [5.74, 6) is 0. The van der Waals surface area contributed by atoms with Crippen molar-refractivity contribution in [2.45, 2.75) is 65.9 Å². The first-order valence-electron chi connectivity index (χ1n) is 6.10. The largest absolute Gasteiger partial charge is 0.505 e. The number of allylic oxidation sites excluding steroid dienone is 1. The van der Waals surface area contributed by atoms with Gasteiger partial charge in [-0.15, -0.1) is 0 Å². The maximum absolute atomic E-state index is 12.2. The number of halogens is 1. The van der Waals surface area contributed by atoms with E-state index in [0.29, 0.717) is 12.4 Å². The van der Waals surface area contributed by atoms with Crippen LogP contribution in [0.3, 0.4) is 0 Å². The molecule has 0 aliphatic heterocycles. The van der Waals surface area contributed by atoms with Crippen molar-refractivity contribution in [3.05, 3.63) is 12.4 Å². The van der Waals surface area contributed by atoms with Crippen molar-refractivity contribution in [2.75, 3.05) is 0 Å². The normalized spacial score (nSPS) is 13.5. The highest BCUT2D eigenvalue weighted by Crippen LogP contribution is 2.22. The molecule has 0 aromatic rings. The number of hydrogen-bond acceptors (Lipinski definition) is 3. The van der Waals surface area contributed by atoms with Crippen LogP contribution in [-0.4, -0.2) is 27.1 Å². The van der Waals surface area contributed by atoms with Crippen LogP contribution in [0, 0.1) is 0 Å². The van der Waals surface area contributed by atoms with Crippen molar-refractivity contribution >= 4 is 8.80 Å². The zero-order valence-electron chi connectivity index (χ0n) is 11.7. The van der Waals surface area contributed by atoms with Crippen LogP contribution in [0.1, 0.15) is 41.5 Å². The lowest BCUT2D eigenvalue weighted by molar-refractivity contribution is 0.00549. The van der Waals surface area contributed by atoms with Crippen LogP contribution >= 0.6 is 0 Å². The fourth-order valence-corrected chi connectivity index (χ4v) is 4.48. The zero-order valence-corrected chi connectivity index (χ0v) is 12.7. The summed E-state index contributed by atoms with van der Waals surface area (Å²) in [5, 5.41) is 0. The third-order valence-corrected chi connectivity index (χ3v) is 4.93. The Hall–Kier alpha value is -0.233. The van der Waals surface area contributed by atoms with Gasteiger partial charge in [-0.1, -0.05) is 6.08 Å². The van der Waals surface area contributed by atoms with E-state index in [4.69, 9.17) is 13.3 Å². The van der Waals surface area contributed by atoms with Gasteiger partial charge in [0.25, 0.3) is 0 Å². The minimum Gasteiger partial charge on any atom is -0.371 e. The summed E-state index contributed by atoms with van der Waals surface area (Å²) in [5.41, 5.74) is 0. The first kappa shape index (κ1) is 16.8. The Morgan fingerprint density at radius 1 is 0.882 bits per heavy atom. The van der Waals surface area contributed by atoms with E-state index in [9.17, 15) is 4.39 Å². The highest BCUT2D eigenvalue weighted by Gasteiger charge is 2.43. The van der Waals surface area contributed by atoms with E-state index in [1.54, 1.807) is 0 Å². The molecule has 0 amide bonds. The van der Waals surface area contributed by atoms with Crippen LogP contribution in [0.4, 0.5) is 4.39 Å². The first-order chi connectivity index (χ1) is 7.81. The van der Waals surface area contributed by atoms with E-state index in [1.165, 1.54) is 6.08 Å². The molecule has 0 aliphatic rings. The van der Waals surface area contributed by atoms with Gasteiger partial charge in [0.1, 0.15) is 0 Å². The molecule has 0 atom stereocenters. The van der Waals surface area contributed by atoms with Gasteiger partial charge in [0.2, 0.25) is 0 Å². The van der Waals surface area contributed by atoms with Gasteiger partial charge in [-0.25, -0.2) is 4.39 Å². The van der Waals surface area contributed by atoms with Crippen molar-refractivity contribution in [1.29, 1.82) is 0 Å². The summed E-state index contributed by atoms with van der Waals surface area (Å²) in [7, 11) is -2.83. The van der Waals surface area contributed by atoms with Crippen LogP contribution in [-0.2, 0) is 13.3 Å². The second-order valence-corrected chi connectivity index (χ2v) is 7.23. The molecule has 0 spiro atoms. The van der Waals surface area contributed by atoms with Gasteiger partial charge in [-0.05, 0) is 41.5 Å². The lowest BCUT2D eigenvalue weighted by atomic mass is 10.5. The van der Waals surface area contributed by atoms with Gasteiger partial charge >= 0.3 is 8.80 Å². The van der Waals surface area contributed by atoms with Crippen molar-refractivity contribution in [2.24, 2.45) is 0 Å². The highest BCUT2D eigenvalue weighted by molar-refractivity contribution is 6.61. The van der Waals surface area contributed by atoms with E-state index < -0.39 is 8.80 Å². The Morgan fingerprint density at radius 2 is 1.24 bits per heavy atom. The Kier molecular flexibility index (Phi) is 7.86. The van der Waals surface area contributed by atoms with Gasteiger partial charge in [-0.2, -0.15) is 0 Å². The first-order valence-corrected chi connectivity index (χ1v) is 8.03. The predicted octanol–water partition coefficient (Wildman–Crippen LogP) is 3.68. The summed E-state index contributed by atoms with van der Waals surface area (Å²) in [6.07, 6.45) is 1.89. The predicted molar refractivity (Wildman–Crippen MR) is 69.5 cm³/mol. The average molecular weight is 264 g/mol. The molecule has 0 saturated heterocycles. The van der Waals surface area contributed by atoms with Crippen molar-refractivity contribution in [1.82, 2.24) is 0 Å². The number of rotatable bonds is 8. The third kappa shape index (κ3) is 7.65. The van der Waals surface area contributed by atoms with Gasteiger partial charge in [0, 0.05) is 24.4 Å². The second kappa shape index (κ2) is 7.97. The molecule has 5 heteroatoms. The lowest BCUT2D eigenvalue weighted by Crippen LogP contribution is -2.50. The summed E-state index contributed by atoms with van der Waals surface area (Å²) >= 11 is 0. The molecule has 3 nitrogen and oxygen atoms in total. The molecular weight excluding hydrogens is 239 g/mol. The summed E-state index contributed by atoms with van der Waals surface area (Å²) in [6, 6.07) is 0.359. The monoisotopic (exact) mass is 264 g/mol. The van der Waals surface area contributed by atoms with Crippen LogP contribution in [0.15, 0.2) is 12.4 Å². The molecular formula is C12H25FO3Si. The van der Waals surface area contributed by atoms with Gasteiger partial charge in [0.15, 0.2) is 0 Å². The molecule has 0 heterocycles. The van der Waals surface area contributed by atoms with Crippen LogP contribution in [0.5, 0.6) is 0 Å². The van der Waals surface area contributed by atoms with Gasteiger partial charge < -0.3 is 13.3 Å². The van der Waals surface area contributed by atoms with E-state index in [-0.39, 0.29) is 18.3 Å². The van der Waals surface area contributed by atoms with E-state index in [0.717, 1.165) is 0 Å². The summed E-state index contributed by atoms with van der Waals surface area (Å²) in [6.45, 7) is 11.5. The van der Waals surface area contributed by atoms with Crippen LogP contribution in [0.2, 0.25) is 6.04 Å². The van der Waals surface area contributed by atoms with Crippen molar-refractivity contribution < 1.29 is 17.7 Å². The van der Waals surface area contributed by atoms with Crippen LogP contribution in [0.25, 0.3) is 0 Å². The molecule has 0 aromatic carbocycles. The maximum atomic E-state index is 12.2. The van der Waals surface area contributed by atoms with Gasteiger partial charge in [-0.3, -0.25) is 0 Å². The fraction of sp³-hybridized carbons (Fsp3) is 0.833. The molecule has 0 fully saturated rings. The fourth-order valence-electron chi connectivity index (χ4n) is 1.49. The van der Waals surface area contributed by atoms with E-state index in [1.807, 2.05) is 41.5 Å². The molecule has 0 aliphatic carbocycles. The number of hydrogen-bond donors (Lipinski definition) is 0. The summed E-state index contributed by atoms with van der Waals surface area (Å²) in [4.78, 5) is 0. The van der Waals surface area contributed by atoms with E-state index >= 15 is 0 Å². The Morgan fingerprint density at radius 3 is 1.47 bits per heavy atom. The average Bonchev–Trinajstić information content (AvgIpc) is 2.11. The second-order valence-electron chi connectivity index (χ2n) is 4.75. The lowest BCUT2D eigenvalue weighted by Gasteiger charge is -2.33. The molecule has 0 saturated carbocycles. The topological polar surface area (TPSA) is 27.7 Å². The standard InChI is InChI=1S/C12H25FO3Si/c1-10(2)14-17(9-7-8-13,15-11(3)4)16-12(5)6/h7-8,10-12H,9H2,1-6H3/b8-7+. The Labute approximate surface area is 105 Å². The SMILES string of the molecule is CC(C)O[Si](C/C=C/F)(OC(C)C)OC(C)C. The smallest absolute Gasteiger partial charge is 0.371 e. The van der Waals surface area contributed by atoms with Crippen molar-refractivity contribution in [3.8, 4) is 0 Å². The van der Waals surface area contributed by atoms with Crippen molar-refractivity contribution in [3.63, 3.8) is 0 Å². The molecule has 0 aromatic heterocycles. The molecule has 0 radical (unpaired) electrons. The molecule has 17 heavy (non-hydrogen) atoms. The molecule has 0 rings (SSSR count). The molecule has 102 valence electrons. The van der Waals surface area contributed by atoms with Crippen LogP contribution < -0.4 is 0 Å². The molecule has 0 unspecified atom stereocenters. The maximum Gasteiger partial charge on any atom is 0.505 e. The van der Waals surface area contributed by atoms with Gasteiger partial charge in [0.05, 0.1) is 6.33 Å². The summed E-state index contributed by atoms with van der Waals surface area (Å²) < 4.78 is 29.7.